The van der Waals surface area contributed by atoms with Crippen molar-refractivity contribution in [3.05, 3.63) is 50.4 Å². The van der Waals surface area contributed by atoms with E-state index in [1.54, 1.807) is 29.5 Å². The Labute approximate surface area is 165 Å². The van der Waals surface area contributed by atoms with Crippen LogP contribution in [0.25, 0.3) is 21.9 Å². The van der Waals surface area contributed by atoms with Gasteiger partial charge in [0.2, 0.25) is 0 Å². The van der Waals surface area contributed by atoms with E-state index in [4.69, 9.17) is 4.74 Å². The molecule has 2 heterocycles. The molecular formula is C21H19N3O3S. The van der Waals surface area contributed by atoms with Crippen molar-refractivity contribution < 1.29 is 9.84 Å². The van der Waals surface area contributed by atoms with Crippen molar-refractivity contribution in [3.8, 4) is 17.6 Å². The van der Waals surface area contributed by atoms with E-state index in [1.165, 1.54) is 10.9 Å². The second-order valence-corrected chi connectivity index (χ2v) is 7.72. The quantitative estimate of drug-likeness (QED) is 0.652. The van der Waals surface area contributed by atoms with E-state index in [0.29, 0.717) is 28.1 Å². The first kappa shape index (κ1) is 18.3. The normalized spacial score (nSPS) is 13.9. The number of thiophene rings is 1. The number of aromatic nitrogens is 2. The smallest absolute Gasteiger partial charge is 0.260 e. The molecule has 0 amide bonds. The van der Waals surface area contributed by atoms with Gasteiger partial charge in [0.25, 0.3) is 5.56 Å². The second kappa shape index (κ2) is 7.49. The Morgan fingerprint density at radius 1 is 1.43 bits per heavy atom. The SMILES string of the molecule is CCOc1cc(/C=C(\C#N)c2nc3sc4c(c3c(=O)[nH]2)CCCC4)ccc1O. The summed E-state index contributed by atoms with van der Waals surface area (Å²) in [7, 11) is 0. The summed E-state index contributed by atoms with van der Waals surface area (Å²) >= 11 is 1.55. The summed E-state index contributed by atoms with van der Waals surface area (Å²) in [6.45, 7) is 2.24. The summed E-state index contributed by atoms with van der Waals surface area (Å²) in [5.74, 6) is 0.635. The molecule has 2 N–H and O–H groups in total. The van der Waals surface area contributed by atoms with Crippen LogP contribution in [0.4, 0.5) is 0 Å². The highest BCUT2D eigenvalue weighted by Crippen LogP contribution is 2.34. The van der Waals surface area contributed by atoms with Crippen molar-refractivity contribution >= 4 is 33.2 Å². The zero-order chi connectivity index (χ0) is 19.7. The third-order valence-corrected chi connectivity index (χ3v) is 5.98. The number of nitriles is 1. The molecule has 142 valence electrons. The molecule has 6 nitrogen and oxygen atoms in total. The van der Waals surface area contributed by atoms with E-state index in [2.05, 4.69) is 16.0 Å². The summed E-state index contributed by atoms with van der Waals surface area (Å²) in [4.78, 5) is 22.0. The fraction of sp³-hybridized carbons (Fsp3) is 0.286. The molecule has 1 aliphatic carbocycles. The number of phenolic OH excluding ortho intramolecular Hbond substituents is 1. The zero-order valence-corrected chi connectivity index (χ0v) is 16.2. The van der Waals surface area contributed by atoms with Crippen molar-refractivity contribution in [2.24, 2.45) is 0 Å². The van der Waals surface area contributed by atoms with E-state index >= 15 is 0 Å². The van der Waals surface area contributed by atoms with E-state index in [0.717, 1.165) is 31.2 Å². The number of nitrogens with one attached hydrogen (secondary N) is 1. The lowest BCUT2D eigenvalue weighted by Gasteiger charge is -2.09. The highest BCUT2D eigenvalue weighted by molar-refractivity contribution is 7.18. The Kier molecular flexibility index (Phi) is 4.88. The Balaban J connectivity index is 1.79. The monoisotopic (exact) mass is 393 g/mol. The van der Waals surface area contributed by atoms with Gasteiger partial charge in [-0.3, -0.25) is 4.79 Å². The summed E-state index contributed by atoms with van der Waals surface area (Å²) in [6, 6.07) is 6.95. The topological polar surface area (TPSA) is 99.0 Å². The molecule has 0 saturated heterocycles. The molecule has 0 unspecified atom stereocenters. The second-order valence-electron chi connectivity index (χ2n) is 6.64. The van der Waals surface area contributed by atoms with Gasteiger partial charge < -0.3 is 14.8 Å². The predicted octanol–water partition coefficient (Wildman–Crippen LogP) is 4.03. The third-order valence-electron chi connectivity index (χ3n) is 4.80. The molecule has 0 radical (unpaired) electrons. The Morgan fingerprint density at radius 3 is 3.04 bits per heavy atom. The summed E-state index contributed by atoms with van der Waals surface area (Å²) in [6.07, 6.45) is 5.75. The predicted molar refractivity (Wildman–Crippen MR) is 110 cm³/mol. The molecule has 0 bridgehead atoms. The van der Waals surface area contributed by atoms with E-state index in [-0.39, 0.29) is 22.7 Å². The lowest BCUT2D eigenvalue weighted by Crippen LogP contribution is -2.12. The van der Waals surface area contributed by atoms with E-state index in [9.17, 15) is 15.2 Å². The largest absolute Gasteiger partial charge is 0.504 e. The van der Waals surface area contributed by atoms with Crippen LogP contribution in [0.2, 0.25) is 0 Å². The Hall–Kier alpha value is -3.11. The number of benzene rings is 1. The first-order chi connectivity index (χ1) is 13.6. The average molecular weight is 393 g/mol. The number of ether oxygens (including phenoxy) is 1. The fourth-order valence-electron chi connectivity index (χ4n) is 3.50. The van der Waals surface area contributed by atoms with Crippen molar-refractivity contribution in [3.63, 3.8) is 0 Å². The number of hydrogen-bond donors (Lipinski definition) is 2. The number of aromatic amines is 1. The van der Waals surface area contributed by atoms with Crippen molar-refractivity contribution in [1.82, 2.24) is 9.97 Å². The summed E-state index contributed by atoms with van der Waals surface area (Å²) in [5, 5.41) is 20.1. The number of hydrogen-bond acceptors (Lipinski definition) is 6. The Bertz CT molecular complexity index is 1180. The maximum absolute atomic E-state index is 12.7. The van der Waals surface area contributed by atoms with E-state index < -0.39 is 0 Å². The number of fused-ring (bicyclic) bond motifs is 3. The van der Waals surface area contributed by atoms with Gasteiger partial charge in [-0.05, 0) is 61.9 Å². The number of rotatable bonds is 4. The fourth-order valence-corrected chi connectivity index (χ4v) is 4.77. The van der Waals surface area contributed by atoms with Gasteiger partial charge in [0.15, 0.2) is 17.3 Å². The van der Waals surface area contributed by atoms with Crippen LogP contribution in [0.3, 0.4) is 0 Å². The number of phenols is 1. The highest BCUT2D eigenvalue weighted by atomic mass is 32.1. The molecule has 1 aromatic carbocycles. The van der Waals surface area contributed by atoms with Gasteiger partial charge in [-0.15, -0.1) is 11.3 Å². The van der Waals surface area contributed by atoms with Crippen LogP contribution in [-0.4, -0.2) is 21.7 Å². The van der Waals surface area contributed by atoms with E-state index in [1.807, 2.05) is 6.92 Å². The summed E-state index contributed by atoms with van der Waals surface area (Å²) < 4.78 is 5.39. The van der Waals surface area contributed by atoms with Crippen LogP contribution in [0, 0.1) is 11.3 Å². The van der Waals surface area contributed by atoms with Gasteiger partial charge in [-0.1, -0.05) is 6.07 Å². The van der Waals surface area contributed by atoms with Gasteiger partial charge in [-0.2, -0.15) is 5.26 Å². The van der Waals surface area contributed by atoms with Crippen LogP contribution in [0.5, 0.6) is 11.5 Å². The zero-order valence-electron chi connectivity index (χ0n) is 15.4. The van der Waals surface area contributed by atoms with Crippen molar-refractivity contribution in [1.29, 1.82) is 5.26 Å². The molecule has 3 aromatic rings. The molecule has 0 fully saturated rings. The standard InChI is InChI=1S/C21H19N3O3S/c1-2-27-16-10-12(7-8-15(16)25)9-13(11-22)19-23-20(26)18-14-5-3-4-6-17(14)28-21(18)24-19/h7-10,25H,2-6H2,1H3,(H,23,24,26)/b13-9+. The van der Waals surface area contributed by atoms with Crippen molar-refractivity contribution in [2.45, 2.75) is 32.6 Å². The average Bonchev–Trinajstić information content (AvgIpc) is 3.07. The molecule has 2 aromatic heterocycles. The molecule has 1 aliphatic rings. The van der Waals surface area contributed by atoms with Crippen LogP contribution in [0.1, 0.15) is 41.6 Å². The molecule has 28 heavy (non-hydrogen) atoms. The first-order valence-corrected chi connectivity index (χ1v) is 10.0. The van der Waals surface area contributed by atoms with Gasteiger partial charge in [0.1, 0.15) is 10.9 Å². The molecule has 7 heteroatoms. The molecule has 0 atom stereocenters. The van der Waals surface area contributed by atoms with Crippen LogP contribution >= 0.6 is 11.3 Å². The number of aromatic hydroxyl groups is 1. The molecule has 0 saturated carbocycles. The number of allylic oxidation sites excluding steroid dienone is 1. The van der Waals surface area contributed by atoms with Crippen molar-refractivity contribution in [2.75, 3.05) is 6.61 Å². The van der Waals surface area contributed by atoms with Gasteiger partial charge in [0.05, 0.1) is 17.6 Å². The molecule has 0 spiro atoms. The molecular weight excluding hydrogens is 374 g/mol. The summed E-state index contributed by atoms with van der Waals surface area (Å²) in [5.41, 5.74) is 1.85. The maximum atomic E-state index is 12.7. The minimum atomic E-state index is -0.193. The van der Waals surface area contributed by atoms with Gasteiger partial charge in [0, 0.05) is 4.88 Å². The first-order valence-electron chi connectivity index (χ1n) is 9.23. The van der Waals surface area contributed by atoms with Crippen LogP contribution in [0.15, 0.2) is 23.0 Å². The lowest BCUT2D eigenvalue weighted by molar-refractivity contribution is 0.318. The van der Waals surface area contributed by atoms with Crippen LogP contribution < -0.4 is 10.3 Å². The maximum Gasteiger partial charge on any atom is 0.260 e. The molecule has 0 aliphatic heterocycles. The minimum Gasteiger partial charge on any atom is -0.504 e. The third kappa shape index (κ3) is 3.27. The van der Waals surface area contributed by atoms with Gasteiger partial charge >= 0.3 is 0 Å². The molecule has 4 rings (SSSR count). The lowest BCUT2D eigenvalue weighted by atomic mass is 9.97. The number of nitrogens with zero attached hydrogens (tertiary/aromatic N) is 2. The minimum absolute atomic E-state index is 0.0367. The van der Waals surface area contributed by atoms with Gasteiger partial charge in [-0.25, -0.2) is 4.98 Å². The van der Waals surface area contributed by atoms with Crippen LogP contribution in [-0.2, 0) is 12.8 Å². The number of H-pyrrole nitrogens is 1. The Morgan fingerprint density at radius 2 is 2.25 bits per heavy atom. The highest BCUT2D eigenvalue weighted by Gasteiger charge is 2.20. The number of aryl methyl sites for hydroxylation is 2.